The highest BCUT2D eigenvalue weighted by atomic mass is 16.3. The molecule has 2 aromatic heterocycles. The molecule has 2 aromatic carbocycles. The van der Waals surface area contributed by atoms with Gasteiger partial charge in [0.2, 0.25) is 0 Å². The average molecular weight is 374 g/mol. The molecule has 5 N–H and O–H groups in total. The fourth-order valence-corrected chi connectivity index (χ4v) is 2.87. The molecule has 2 heterocycles. The van der Waals surface area contributed by atoms with Crippen molar-refractivity contribution in [2.24, 2.45) is 0 Å². The molecule has 0 aliphatic rings. The topological polar surface area (TPSA) is 114 Å². The molecule has 0 aliphatic heterocycles. The SMILES string of the molecule is OCc1ccc(Nc2cc(-c3ccc(-c4ccc(O)cc4O)cc3)[nH]n2)cn1. The van der Waals surface area contributed by atoms with E-state index in [0.717, 1.165) is 22.5 Å². The lowest BCUT2D eigenvalue weighted by atomic mass is 10.0. The zero-order valence-electron chi connectivity index (χ0n) is 14.8. The van der Waals surface area contributed by atoms with E-state index in [1.807, 2.05) is 36.4 Å². The van der Waals surface area contributed by atoms with Crippen LogP contribution in [-0.4, -0.2) is 30.5 Å². The molecule has 28 heavy (non-hydrogen) atoms. The Kier molecular flexibility index (Phi) is 4.65. The van der Waals surface area contributed by atoms with Gasteiger partial charge in [0.25, 0.3) is 0 Å². The number of aromatic hydroxyl groups is 2. The maximum Gasteiger partial charge on any atom is 0.152 e. The van der Waals surface area contributed by atoms with Gasteiger partial charge in [0.1, 0.15) is 11.5 Å². The van der Waals surface area contributed by atoms with Gasteiger partial charge in [-0.25, -0.2) is 0 Å². The highest BCUT2D eigenvalue weighted by Crippen LogP contribution is 2.33. The van der Waals surface area contributed by atoms with Crippen molar-refractivity contribution in [2.45, 2.75) is 6.61 Å². The molecule has 0 fully saturated rings. The number of aromatic nitrogens is 3. The van der Waals surface area contributed by atoms with Crippen LogP contribution in [0.4, 0.5) is 11.5 Å². The number of rotatable bonds is 5. The summed E-state index contributed by atoms with van der Waals surface area (Å²) in [6, 6.07) is 17.6. The number of phenolic OH excluding ortho intramolecular Hbond substituents is 2. The van der Waals surface area contributed by atoms with Crippen LogP contribution in [0.1, 0.15) is 5.69 Å². The lowest BCUT2D eigenvalue weighted by Crippen LogP contribution is -1.93. The minimum absolute atomic E-state index is 0.0246. The van der Waals surface area contributed by atoms with E-state index < -0.39 is 0 Å². The Balaban J connectivity index is 1.51. The number of hydrogen-bond acceptors (Lipinski definition) is 6. The van der Waals surface area contributed by atoms with Crippen LogP contribution in [0, 0.1) is 0 Å². The molecule has 140 valence electrons. The average Bonchev–Trinajstić information content (AvgIpc) is 3.17. The molecular weight excluding hydrogens is 356 g/mol. The first kappa shape index (κ1) is 17.6. The first-order chi connectivity index (χ1) is 13.6. The van der Waals surface area contributed by atoms with E-state index in [1.54, 1.807) is 18.3 Å². The number of hydrogen-bond donors (Lipinski definition) is 5. The lowest BCUT2D eigenvalue weighted by molar-refractivity contribution is 0.277. The maximum atomic E-state index is 10.0. The van der Waals surface area contributed by atoms with Crippen LogP contribution in [0.15, 0.2) is 66.9 Å². The maximum absolute atomic E-state index is 10.0. The van der Waals surface area contributed by atoms with Crippen LogP contribution in [-0.2, 0) is 6.61 Å². The molecule has 0 unspecified atom stereocenters. The van der Waals surface area contributed by atoms with Crippen molar-refractivity contribution in [1.29, 1.82) is 0 Å². The van der Waals surface area contributed by atoms with Gasteiger partial charge in [-0.1, -0.05) is 24.3 Å². The van der Waals surface area contributed by atoms with Gasteiger partial charge in [0, 0.05) is 17.7 Å². The molecule has 0 spiro atoms. The Morgan fingerprint density at radius 1 is 0.893 bits per heavy atom. The van der Waals surface area contributed by atoms with Crippen molar-refractivity contribution in [1.82, 2.24) is 15.2 Å². The van der Waals surface area contributed by atoms with Crippen molar-refractivity contribution in [3.05, 3.63) is 72.6 Å². The zero-order valence-corrected chi connectivity index (χ0v) is 14.8. The van der Waals surface area contributed by atoms with E-state index in [2.05, 4.69) is 20.5 Å². The summed E-state index contributed by atoms with van der Waals surface area (Å²) < 4.78 is 0. The summed E-state index contributed by atoms with van der Waals surface area (Å²) in [7, 11) is 0. The Labute approximate surface area is 161 Å². The normalized spacial score (nSPS) is 10.8. The highest BCUT2D eigenvalue weighted by Gasteiger charge is 2.08. The number of anilines is 2. The number of H-pyrrole nitrogens is 1. The standard InChI is InChI=1S/C21H18N4O3/c26-12-16-6-5-15(11-22-16)23-21-10-19(24-25-21)14-3-1-13(2-4-14)18-8-7-17(27)9-20(18)28/h1-11,26-28H,12H2,(H2,23,24,25). The molecule has 0 bridgehead atoms. The number of aliphatic hydroxyl groups is 1. The van der Waals surface area contributed by atoms with Crippen LogP contribution < -0.4 is 5.32 Å². The minimum Gasteiger partial charge on any atom is -0.508 e. The summed E-state index contributed by atoms with van der Waals surface area (Å²) in [6.45, 7) is -0.0925. The summed E-state index contributed by atoms with van der Waals surface area (Å²) in [4.78, 5) is 4.12. The predicted molar refractivity (Wildman–Crippen MR) is 106 cm³/mol. The third-order valence-electron chi connectivity index (χ3n) is 4.33. The zero-order chi connectivity index (χ0) is 19.5. The molecule has 4 rings (SSSR count). The molecule has 7 nitrogen and oxygen atoms in total. The quantitative estimate of drug-likeness (QED) is 0.363. The summed E-state index contributed by atoms with van der Waals surface area (Å²) in [5.41, 5.74) is 4.64. The Bertz CT molecular complexity index is 1090. The van der Waals surface area contributed by atoms with Crippen LogP contribution in [0.5, 0.6) is 11.5 Å². The molecular formula is C21H18N4O3. The number of pyridine rings is 1. The first-order valence-corrected chi connectivity index (χ1v) is 8.63. The lowest BCUT2D eigenvalue weighted by Gasteiger charge is -2.06. The van der Waals surface area contributed by atoms with E-state index >= 15 is 0 Å². The fraction of sp³-hybridized carbons (Fsp3) is 0.0476. The van der Waals surface area contributed by atoms with Crippen molar-refractivity contribution in [3.8, 4) is 33.9 Å². The van der Waals surface area contributed by atoms with Gasteiger partial charge in [-0.15, -0.1) is 0 Å². The van der Waals surface area contributed by atoms with Gasteiger partial charge >= 0.3 is 0 Å². The molecule has 0 aliphatic carbocycles. The smallest absolute Gasteiger partial charge is 0.152 e. The van der Waals surface area contributed by atoms with Gasteiger partial charge < -0.3 is 20.6 Å². The molecule has 0 atom stereocenters. The van der Waals surface area contributed by atoms with Crippen LogP contribution in [0.2, 0.25) is 0 Å². The van der Waals surface area contributed by atoms with Crippen molar-refractivity contribution in [2.75, 3.05) is 5.32 Å². The van der Waals surface area contributed by atoms with E-state index in [9.17, 15) is 10.2 Å². The second kappa shape index (κ2) is 7.42. The van der Waals surface area contributed by atoms with E-state index in [-0.39, 0.29) is 18.1 Å². The Morgan fingerprint density at radius 2 is 1.68 bits per heavy atom. The third kappa shape index (κ3) is 3.65. The number of aliphatic hydroxyl groups excluding tert-OH is 1. The van der Waals surface area contributed by atoms with Gasteiger partial charge in [0.15, 0.2) is 5.82 Å². The molecule has 7 heteroatoms. The van der Waals surface area contributed by atoms with Crippen LogP contribution in [0.3, 0.4) is 0 Å². The molecule has 4 aromatic rings. The van der Waals surface area contributed by atoms with E-state index in [0.29, 0.717) is 17.1 Å². The highest BCUT2D eigenvalue weighted by molar-refractivity contribution is 5.74. The van der Waals surface area contributed by atoms with Gasteiger partial charge in [0.05, 0.1) is 29.9 Å². The second-order valence-electron chi connectivity index (χ2n) is 6.27. The van der Waals surface area contributed by atoms with Gasteiger partial charge in [-0.05, 0) is 35.4 Å². The number of nitrogens with zero attached hydrogens (tertiary/aromatic N) is 2. The molecule has 0 amide bonds. The number of phenols is 2. The number of aromatic amines is 1. The minimum atomic E-state index is -0.0925. The Hall–Kier alpha value is -3.84. The van der Waals surface area contributed by atoms with Gasteiger partial charge in [-0.2, -0.15) is 5.10 Å². The fourth-order valence-electron chi connectivity index (χ4n) is 2.87. The van der Waals surface area contributed by atoms with Crippen LogP contribution in [0.25, 0.3) is 22.4 Å². The summed E-state index contributed by atoms with van der Waals surface area (Å²) in [5.74, 6) is 0.701. The van der Waals surface area contributed by atoms with Crippen molar-refractivity contribution < 1.29 is 15.3 Å². The molecule has 0 radical (unpaired) electrons. The van der Waals surface area contributed by atoms with Crippen molar-refractivity contribution in [3.63, 3.8) is 0 Å². The summed E-state index contributed by atoms with van der Waals surface area (Å²) in [6.07, 6.45) is 1.64. The summed E-state index contributed by atoms with van der Waals surface area (Å²) >= 11 is 0. The van der Waals surface area contributed by atoms with Crippen molar-refractivity contribution >= 4 is 11.5 Å². The Morgan fingerprint density at radius 3 is 2.36 bits per heavy atom. The van der Waals surface area contributed by atoms with E-state index in [4.69, 9.17) is 5.11 Å². The number of benzene rings is 2. The predicted octanol–water partition coefficient (Wildman–Crippen LogP) is 3.79. The van der Waals surface area contributed by atoms with Gasteiger partial charge in [-0.3, -0.25) is 10.1 Å². The monoisotopic (exact) mass is 374 g/mol. The summed E-state index contributed by atoms with van der Waals surface area (Å²) in [5, 5.41) is 38.9. The largest absolute Gasteiger partial charge is 0.508 e. The molecule has 0 saturated heterocycles. The second-order valence-corrected chi connectivity index (χ2v) is 6.27. The third-order valence-corrected chi connectivity index (χ3v) is 4.33. The number of nitrogens with one attached hydrogen (secondary N) is 2. The molecule has 0 saturated carbocycles. The first-order valence-electron chi connectivity index (χ1n) is 8.63. The van der Waals surface area contributed by atoms with E-state index in [1.165, 1.54) is 12.1 Å². The van der Waals surface area contributed by atoms with Crippen LogP contribution >= 0.6 is 0 Å².